The first-order valence-electron chi connectivity index (χ1n) is 10.5. The van der Waals surface area contributed by atoms with Crippen molar-refractivity contribution in [2.24, 2.45) is 10.9 Å². The zero-order valence-corrected chi connectivity index (χ0v) is 19.6. The molecule has 0 aromatic carbocycles. The average Bonchev–Trinajstić information content (AvgIpc) is 2.63. The van der Waals surface area contributed by atoms with Crippen molar-refractivity contribution in [1.82, 2.24) is 15.5 Å². The highest BCUT2D eigenvalue weighted by atomic mass is 127. The maximum atomic E-state index is 9.18. The zero-order chi connectivity index (χ0) is 18.3. The third-order valence-electron chi connectivity index (χ3n) is 5.26. The number of rotatable bonds is 12. The first-order valence-corrected chi connectivity index (χ1v) is 10.5. The van der Waals surface area contributed by atoms with E-state index in [-0.39, 0.29) is 30.6 Å². The Balaban J connectivity index is 0.00000625. The van der Waals surface area contributed by atoms with Crippen LogP contribution in [0.1, 0.15) is 71.6 Å². The number of nitrogens with zero attached hydrogens (tertiary/aromatic N) is 2. The maximum Gasteiger partial charge on any atom is 0.191 e. The molecule has 0 aliphatic heterocycles. The Hall–Kier alpha value is -0.0800. The second kappa shape index (κ2) is 17.0. The molecule has 26 heavy (non-hydrogen) atoms. The van der Waals surface area contributed by atoms with Gasteiger partial charge in [-0.05, 0) is 58.5 Å². The van der Waals surface area contributed by atoms with Gasteiger partial charge < -0.3 is 20.6 Å². The minimum atomic E-state index is 0. The van der Waals surface area contributed by atoms with Crippen molar-refractivity contribution in [3.63, 3.8) is 0 Å². The lowest BCUT2D eigenvalue weighted by Gasteiger charge is -2.31. The van der Waals surface area contributed by atoms with E-state index in [1.54, 1.807) is 0 Å². The molecule has 156 valence electrons. The van der Waals surface area contributed by atoms with Gasteiger partial charge in [0.25, 0.3) is 0 Å². The number of aliphatic imine (C=N–C) groups is 1. The molecule has 0 spiro atoms. The molecule has 3 N–H and O–H groups in total. The first-order chi connectivity index (χ1) is 12.2. The number of aliphatic hydroxyl groups is 1. The zero-order valence-electron chi connectivity index (χ0n) is 17.3. The van der Waals surface area contributed by atoms with E-state index >= 15 is 0 Å². The fourth-order valence-electron chi connectivity index (χ4n) is 3.72. The molecule has 0 radical (unpaired) electrons. The molecule has 5 nitrogen and oxygen atoms in total. The van der Waals surface area contributed by atoms with E-state index in [9.17, 15) is 5.11 Å². The normalized spacial score (nSPS) is 17.0. The highest BCUT2D eigenvalue weighted by Gasteiger charge is 2.17. The van der Waals surface area contributed by atoms with Crippen LogP contribution in [0.25, 0.3) is 0 Å². The van der Waals surface area contributed by atoms with Gasteiger partial charge >= 0.3 is 0 Å². The van der Waals surface area contributed by atoms with Crippen molar-refractivity contribution in [2.45, 2.75) is 77.7 Å². The van der Waals surface area contributed by atoms with Gasteiger partial charge in [-0.15, -0.1) is 24.0 Å². The lowest BCUT2D eigenvalue weighted by atomic mass is 9.94. The second-order valence-electron chi connectivity index (χ2n) is 7.44. The van der Waals surface area contributed by atoms with Crippen molar-refractivity contribution >= 4 is 29.9 Å². The summed E-state index contributed by atoms with van der Waals surface area (Å²) in [6, 6.07) is 0.795. The Morgan fingerprint density at radius 2 is 1.88 bits per heavy atom. The fourth-order valence-corrected chi connectivity index (χ4v) is 3.72. The Morgan fingerprint density at radius 3 is 2.50 bits per heavy atom. The minimum Gasteiger partial charge on any atom is -0.396 e. The standard InChI is InChI=1S/C20H42N4O.HI/c1-4-10-18(13-16-25)17-23-20(21-5-2)22-14-9-15-24(3)19-11-7-6-8-12-19;/h18-19,25H,4-17H2,1-3H3,(H2,21,22,23);1H. The average molecular weight is 482 g/mol. The molecule has 1 saturated carbocycles. The topological polar surface area (TPSA) is 59.9 Å². The van der Waals surface area contributed by atoms with Crippen LogP contribution in [-0.4, -0.2) is 61.8 Å². The maximum absolute atomic E-state index is 9.18. The first kappa shape index (κ1) is 25.9. The summed E-state index contributed by atoms with van der Waals surface area (Å²) in [6.45, 7) is 8.35. The van der Waals surface area contributed by atoms with Crippen LogP contribution in [0.15, 0.2) is 4.99 Å². The quantitative estimate of drug-likeness (QED) is 0.172. The third kappa shape index (κ3) is 11.6. The van der Waals surface area contributed by atoms with Gasteiger partial charge in [-0.2, -0.15) is 0 Å². The van der Waals surface area contributed by atoms with Crippen LogP contribution < -0.4 is 10.6 Å². The van der Waals surface area contributed by atoms with E-state index in [0.717, 1.165) is 63.9 Å². The van der Waals surface area contributed by atoms with Gasteiger partial charge in [0.05, 0.1) is 0 Å². The van der Waals surface area contributed by atoms with Gasteiger partial charge in [0.2, 0.25) is 0 Å². The van der Waals surface area contributed by atoms with Crippen molar-refractivity contribution in [3.05, 3.63) is 0 Å². The Kier molecular flexibility index (Phi) is 17.0. The summed E-state index contributed by atoms with van der Waals surface area (Å²) < 4.78 is 0. The molecular weight excluding hydrogens is 439 g/mol. The van der Waals surface area contributed by atoms with Gasteiger partial charge in [0.15, 0.2) is 5.96 Å². The van der Waals surface area contributed by atoms with Crippen LogP contribution in [0.2, 0.25) is 0 Å². The van der Waals surface area contributed by atoms with Gasteiger partial charge in [-0.1, -0.05) is 32.6 Å². The second-order valence-corrected chi connectivity index (χ2v) is 7.44. The number of nitrogens with one attached hydrogen (secondary N) is 2. The molecule has 0 amide bonds. The molecule has 1 atom stereocenters. The number of guanidine groups is 1. The number of aliphatic hydroxyl groups excluding tert-OH is 1. The highest BCUT2D eigenvalue weighted by Crippen LogP contribution is 2.21. The number of halogens is 1. The van der Waals surface area contributed by atoms with Crippen molar-refractivity contribution in [3.8, 4) is 0 Å². The third-order valence-corrected chi connectivity index (χ3v) is 5.26. The summed E-state index contributed by atoms with van der Waals surface area (Å²) in [5.41, 5.74) is 0. The predicted molar refractivity (Wildman–Crippen MR) is 124 cm³/mol. The SMILES string of the molecule is CCCC(CCO)CN=C(NCC)NCCCN(C)C1CCCCC1.I. The van der Waals surface area contributed by atoms with Crippen molar-refractivity contribution in [1.29, 1.82) is 0 Å². The molecule has 1 fully saturated rings. The van der Waals surface area contributed by atoms with E-state index in [1.807, 2.05) is 0 Å². The van der Waals surface area contributed by atoms with Gasteiger partial charge in [0, 0.05) is 32.3 Å². The van der Waals surface area contributed by atoms with E-state index in [2.05, 4.69) is 36.4 Å². The van der Waals surface area contributed by atoms with Gasteiger partial charge in [-0.3, -0.25) is 4.99 Å². The van der Waals surface area contributed by atoms with E-state index in [4.69, 9.17) is 4.99 Å². The Morgan fingerprint density at radius 1 is 1.15 bits per heavy atom. The lowest BCUT2D eigenvalue weighted by Crippen LogP contribution is -2.40. The Bertz CT molecular complexity index is 343. The van der Waals surface area contributed by atoms with E-state index in [1.165, 1.54) is 32.1 Å². The van der Waals surface area contributed by atoms with Crippen LogP contribution in [-0.2, 0) is 0 Å². The monoisotopic (exact) mass is 482 g/mol. The molecule has 1 aliphatic rings. The molecule has 1 rings (SSSR count). The van der Waals surface area contributed by atoms with Gasteiger partial charge in [-0.25, -0.2) is 0 Å². The summed E-state index contributed by atoms with van der Waals surface area (Å²) in [4.78, 5) is 7.27. The summed E-state index contributed by atoms with van der Waals surface area (Å²) in [6.07, 6.45) is 11.2. The summed E-state index contributed by atoms with van der Waals surface area (Å²) >= 11 is 0. The lowest BCUT2D eigenvalue weighted by molar-refractivity contribution is 0.190. The largest absolute Gasteiger partial charge is 0.396 e. The summed E-state index contributed by atoms with van der Waals surface area (Å²) in [7, 11) is 2.28. The van der Waals surface area contributed by atoms with Crippen LogP contribution in [0, 0.1) is 5.92 Å². The van der Waals surface area contributed by atoms with Crippen molar-refractivity contribution < 1.29 is 5.11 Å². The van der Waals surface area contributed by atoms with Crippen LogP contribution in [0.5, 0.6) is 0 Å². The molecule has 0 bridgehead atoms. The van der Waals surface area contributed by atoms with Crippen LogP contribution in [0.3, 0.4) is 0 Å². The smallest absolute Gasteiger partial charge is 0.191 e. The molecule has 0 heterocycles. The van der Waals surface area contributed by atoms with E-state index < -0.39 is 0 Å². The molecule has 1 unspecified atom stereocenters. The number of hydrogen-bond donors (Lipinski definition) is 3. The summed E-state index contributed by atoms with van der Waals surface area (Å²) in [5.74, 6) is 1.41. The Labute approximate surface area is 178 Å². The molecule has 0 aromatic rings. The summed E-state index contributed by atoms with van der Waals surface area (Å²) in [5, 5.41) is 16.0. The van der Waals surface area contributed by atoms with Gasteiger partial charge in [0.1, 0.15) is 0 Å². The number of hydrogen-bond acceptors (Lipinski definition) is 3. The van der Waals surface area contributed by atoms with Crippen LogP contribution in [0.4, 0.5) is 0 Å². The van der Waals surface area contributed by atoms with Crippen molar-refractivity contribution in [2.75, 3.05) is 39.8 Å². The molecule has 0 saturated heterocycles. The highest BCUT2D eigenvalue weighted by molar-refractivity contribution is 14.0. The predicted octanol–water partition coefficient (Wildman–Crippen LogP) is 3.61. The van der Waals surface area contributed by atoms with Crippen LogP contribution >= 0.6 is 24.0 Å². The molecular formula is C20H43IN4O. The molecule has 0 aromatic heterocycles. The molecule has 6 heteroatoms. The fraction of sp³-hybridized carbons (Fsp3) is 0.950. The minimum absolute atomic E-state index is 0. The molecule has 1 aliphatic carbocycles. The van der Waals surface area contributed by atoms with E-state index in [0.29, 0.717) is 5.92 Å².